The van der Waals surface area contributed by atoms with Crippen LogP contribution in [0.15, 0.2) is 59.0 Å². The maximum absolute atomic E-state index is 13.0. The zero-order valence-electron chi connectivity index (χ0n) is 31.9. The van der Waals surface area contributed by atoms with Gasteiger partial charge in [0, 0.05) is 45.9 Å². The number of methoxy groups -OCH3 is 2. The smallest absolute Gasteiger partial charge is 0.336 e. The number of hydrogen-bond donors (Lipinski definition) is 3. The zero-order valence-corrected chi connectivity index (χ0v) is 31.9. The van der Waals surface area contributed by atoms with Crippen molar-refractivity contribution in [3.05, 3.63) is 74.6 Å². The highest BCUT2D eigenvalue weighted by molar-refractivity contribution is 6.00. The number of benzene rings is 1. The number of carbonyl (C=O) groups is 4. The molecule has 0 unspecified atom stereocenters. The highest BCUT2D eigenvalue weighted by atomic mass is 16.6. The van der Waals surface area contributed by atoms with Crippen molar-refractivity contribution in [2.75, 3.05) is 14.2 Å². The largest absolute Gasteiger partial charge is 0.466 e. The number of nitro benzene ring substituents is 1. The van der Waals surface area contributed by atoms with Crippen molar-refractivity contribution in [1.29, 1.82) is 0 Å². The topological polar surface area (TPSA) is 166 Å². The second kappa shape index (κ2) is 14.5. The van der Waals surface area contributed by atoms with Gasteiger partial charge < -0.3 is 25.4 Å². The second-order valence-corrected chi connectivity index (χ2v) is 16.6. The molecule has 2 aliphatic heterocycles. The van der Waals surface area contributed by atoms with E-state index in [4.69, 9.17) is 9.47 Å². The van der Waals surface area contributed by atoms with Crippen molar-refractivity contribution in [3.8, 4) is 0 Å². The third kappa shape index (κ3) is 7.00. The van der Waals surface area contributed by atoms with Crippen LogP contribution in [0, 0.1) is 44.6 Å². The molecule has 1 aromatic carbocycles. The number of nitro groups is 1. The molecule has 0 saturated heterocycles. The average molecular weight is 719 g/mol. The number of esters is 2. The number of allylic oxidation sites excluding steroid dienone is 2. The van der Waals surface area contributed by atoms with Crippen molar-refractivity contribution in [1.82, 2.24) is 16.0 Å². The van der Waals surface area contributed by atoms with Gasteiger partial charge in [0.05, 0.1) is 36.2 Å². The summed E-state index contributed by atoms with van der Waals surface area (Å²) in [6, 6.07) is 6.25. The third-order valence-electron chi connectivity index (χ3n) is 12.5. The summed E-state index contributed by atoms with van der Waals surface area (Å²) in [5.74, 6) is 0.0807. The minimum atomic E-state index is -0.970. The van der Waals surface area contributed by atoms with E-state index >= 15 is 0 Å². The molecule has 52 heavy (non-hydrogen) atoms. The summed E-state index contributed by atoms with van der Waals surface area (Å²) in [4.78, 5) is 60.5. The number of dihydropyridines is 1. The molecule has 0 radical (unpaired) electrons. The molecule has 3 saturated carbocycles. The number of amides is 2. The maximum atomic E-state index is 13.0. The molecule has 0 spiro atoms. The Morgan fingerprint density at radius 2 is 1.54 bits per heavy atom. The van der Waals surface area contributed by atoms with Crippen LogP contribution in [0.2, 0.25) is 0 Å². The van der Waals surface area contributed by atoms with Gasteiger partial charge in [-0.15, -0.1) is 0 Å². The number of nitrogens with zero attached hydrogens (tertiary/aromatic N) is 1. The van der Waals surface area contributed by atoms with Gasteiger partial charge >= 0.3 is 11.9 Å². The lowest BCUT2D eigenvalue weighted by Crippen LogP contribution is -2.59. The first kappa shape index (κ1) is 38.7. The van der Waals surface area contributed by atoms with Crippen LogP contribution in [0.1, 0.15) is 98.5 Å². The highest BCUT2D eigenvalue weighted by Crippen LogP contribution is 2.65. The lowest BCUT2D eigenvalue weighted by molar-refractivity contribution is -0.385. The van der Waals surface area contributed by atoms with Crippen molar-refractivity contribution in [2.24, 2.45) is 34.5 Å². The summed E-state index contributed by atoms with van der Waals surface area (Å²) < 4.78 is 9.66. The van der Waals surface area contributed by atoms with E-state index in [0.29, 0.717) is 29.1 Å². The van der Waals surface area contributed by atoms with Crippen LogP contribution in [-0.4, -0.2) is 54.5 Å². The Balaban J connectivity index is 0.000000202. The molecule has 2 amide bonds. The molecule has 7 atom stereocenters. The summed E-state index contributed by atoms with van der Waals surface area (Å²) >= 11 is 0. The molecule has 6 rings (SSSR count). The molecule has 12 heteroatoms. The summed E-state index contributed by atoms with van der Waals surface area (Å²) in [7, 11) is 2.42. The van der Waals surface area contributed by atoms with Crippen LogP contribution >= 0.6 is 0 Å². The average Bonchev–Trinajstić information content (AvgIpc) is 3.44. The lowest BCUT2D eigenvalue weighted by Gasteiger charge is -2.58. The van der Waals surface area contributed by atoms with Gasteiger partial charge in [-0.2, -0.15) is 0 Å². The lowest BCUT2D eigenvalue weighted by atomic mass is 9.48. The summed E-state index contributed by atoms with van der Waals surface area (Å²) in [5.41, 5.74) is 1.22. The summed E-state index contributed by atoms with van der Waals surface area (Å²) in [6.07, 6.45) is 10.7. The molecule has 2 heterocycles. The molecule has 5 aliphatic rings. The molecule has 12 nitrogen and oxygen atoms in total. The van der Waals surface area contributed by atoms with E-state index in [1.54, 1.807) is 26.0 Å². The Kier molecular flexibility index (Phi) is 10.8. The van der Waals surface area contributed by atoms with E-state index < -0.39 is 22.8 Å². The number of para-hydroxylation sites is 1. The Morgan fingerprint density at radius 1 is 0.923 bits per heavy atom. The third-order valence-corrected chi connectivity index (χ3v) is 12.5. The summed E-state index contributed by atoms with van der Waals surface area (Å²) in [5, 5.41) is 20.9. The van der Waals surface area contributed by atoms with E-state index in [0.717, 1.165) is 19.3 Å². The number of ether oxygens (including phenoxy) is 2. The van der Waals surface area contributed by atoms with Gasteiger partial charge in [0.25, 0.3) is 5.69 Å². The monoisotopic (exact) mass is 718 g/mol. The minimum absolute atomic E-state index is 0.0661. The predicted molar refractivity (Wildman–Crippen MR) is 195 cm³/mol. The van der Waals surface area contributed by atoms with Crippen LogP contribution in [0.25, 0.3) is 0 Å². The molecule has 282 valence electrons. The Bertz CT molecular complexity index is 1700. The SMILES string of the molecule is CC(C)(C)NC(=O)[C@H]1CC[C@H]2[C@@H]3CC[C@H]4NC(=O)C=C[C@]4(C)[C@H]3CC[C@]12C.COC(=O)C1=C(C)NC(C)=C(C(=O)OC)C1c1ccccc1[N+](=O)[O-]. The first-order chi connectivity index (χ1) is 24.4. The van der Waals surface area contributed by atoms with Gasteiger partial charge in [-0.25, -0.2) is 9.59 Å². The number of rotatable bonds is 5. The second-order valence-electron chi connectivity index (χ2n) is 16.6. The van der Waals surface area contributed by atoms with Gasteiger partial charge in [-0.3, -0.25) is 19.7 Å². The van der Waals surface area contributed by atoms with Crippen molar-refractivity contribution >= 4 is 29.4 Å². The fraction of sp³-hybridized carbons (Fsp3) is 0.600. The van der Waals surface area contributed by atoms with E-state index in [1.165, 1.54) is 51.7 Å². The van der Waals surface area contributed by atoms with Gasteiger partial charge in [-0.05, 0) is 102 Å². The normalized spacial score (nSPS) is 31.1. The van der Waals surface area contributed by atoms with E-state index in [2.05, 4.69) is 56.6 Å². The van der Waals surface area contributed by atoms with Crippen LogP contribution in [0.4, 0.5) is 5.69 Å². The number of carbonyl (C=O) groups excluding carboxylic acids is 4. The highest BCUT2D eigenvalue weighted by Gasteiger charge is 2.61. The quantitative estimate of drug-likeness (QED) is 0.188. The van der Waals surface area contributed by atoms with Crippen LogP contribution < -0.4 is 16.0 Å². The zero-order chi connectivity index (χ0) is 38.3. The fourth-order valence-electron chi connectivity index (χ4n) is 10.2. The fourth-order valence-corrected chi connectivity index (χ4v) is 10.2. The predicted octanol–water partition coefficient (Wildman–Crippen LogP) is 5.99. The Morgan fingerprint density at radius 3 is 2.12 bits per heavy atom. The first-order valence-corrected chi connectivity index (χ1v) is 18.3. The first-order valence-electron chi connectivity index (χ1n) is 18.3. The molecule has 1 aromatic rings. The summed E-state index contributed by atoms with van der Waals surface area (Å²) in [6.45, 7) is 14.2. The Labute approximate surface area is 306 Å². The molecule has 0 bridgehead atoms. The number of fused-ring (bicyclic) bond motifs is 5. The van der Waals surface area contributed by atoms with Crippen molar-refractivity contribution < 1.29 is 33.6 Å². The maximum Gasteiger partial charge on any atom is 0.336 e. The van der Waals surface area contributed by atoms with Crippen LogP contribution in [0.3, 0.4) is 0 Å². The standard InChI is InChI=1S/C23H36N2O2.C17H18N2O6/c1-21(2,3)25-20(27)17-8-7-15-14-6-9-18-23(5,13-11-19(26)24-18)16(14)10-12-22(15,17)4;1-9-13(16(20)24-3)15(14(10(2)18-9)17(21)25-4)11-7-5-6-8-12(11)19(22)23/h11,13-18H,6-10,12H2,1-5H3,(H,24,26)(H,25,27);5-8,15,18H,1-4H3/t14-,15-,16-,17+,18+,22-,23+;/m0./s1. The van der Waals surface area contributed by atoms with Crippen molar-refractivity contribution in [2.45, 2.75) is 104 Å². The van der Waals surface area contributed by atoms with Gasteiger partial charge in [0.1, 0.15) is 0 Å². The molecule has 3 N–H and O–H groups in total. The Hall–Kier alpha value is -4.48. The molecule has 3 fully saturated rings. The van der Waals surface area contributed by atoms with Gasteiger partial charge in [0.2, 0.25) is 11.8 Å². The number of nitrogens with one attached hydrogen (secondary N) is 3. The molecular formula is C40H54N4O8. The van der Waals surface area contributed by atoms with E-state index in [1.807, 2.05) is 0 Å². The van der Waals surface area contributed by atoms with Crippen LogP contribution in [0.5, 0.6) is 0 Å². The number of hydrogen-bond acceptors (Lipinski definition) is 9. The molecular weight excluding hydrogens is 664 g/mol. The van der Waals surface area contributed by atoms with Crippen molar-refractivity contribution in [3.63, 3.8) is 0 Å². The van der Waals surface area contributed by atoms with E-state index in [9.17, 15) is 29.3 Å². The molecule has 3 aliphatic carbocycles. The van der Waals surface area contributed by atoms with Crippen LogP contribution in [-0.2, 0) is 28.7 Å². The van der Waals surface area contributed by atoms with Gasteiger partial charge in [-0.1, -0.05) is 38.1 Å². The minimum Gasteiger partial charge on any atom is -0.466 e. The van der Waals surface area contributed by atoms with E-state index in [-0.39, 0.29) is 62.5 Å². The van der Waals surface area contributed by atoms with Gasteiger partial charge in [0.15, 0.2) is 0 Å². The molecule has 0 aromatic heterocycles.